The van der Waals surface area contributed by atoms with Crippen molar-refractivity contribution >= 4 is 10.0 Å². The van der Waals surface area contributed by atoms with Gasteiger partial charge in [-0.05, 0) is 6.92 Å². The van der Waals surface area contributed by atoms with E-state index in [4.69, 9.17) is 10.2 Å². The summed E-state index contributed by atoms with van der Waals surface area (Å²) < 4.78 is 22.6. The molecule has 0 fully saturated rings. The molecule has 0 saturated heterocycles. The van der Waals surface area contributed by atoms with E-state index < -0.39 is 21.7 Å². The topological polar surface area (TPSA) is 86.6 Å². The summed E-state index contributed by atoms with van der Waals surface area (Å²) in [7, 11) is -3.64. The monoisotopic (exact) mass is 168 g/mol. The number of sulfonamides is 1. The first-order chi connectivity index (χ1) is 4.27. The van der Waals surface area contributed by atoms with E-state index in [1.165, 1.54) is 0 Å². The van der Waals surface area contributed by atoms with Gasteiger partial charge in [0.2, 0.25) is 15.9 Å². The highest BCUT2D eigenvalue weighted by atomic mass is 32.2. The van der Waals surface area contributed by atoms with Crippen LogP contribution in [0.4, 0.5) is 0 Å². The van der Waals surface area contributed by atoms with E-state index in [1.54, 1.807) is 4.72 Å². The smallest absolute Gasteiger partial charge is 0.232 e. The van der Waals surface area contributed by atoms with Crippen molar-refractivity contribution in [3.05, 3.63) is 6.92 Å². The molecule has 61 valence electrons. The Balaban J connectivity index is 4.18. The Kier molecular flexibility index (Phi) is 2.78. The Labute approximate surface area is 59.7 Å². The minimum atomic E-state index is -3.64. The molecule has 0 bridgehead atoms. The first kappa shape index (κ1) is 9.83. The standard InChI is InChI=1S/C4H10NO4S/c1-3-10(8,9)5-4(2,6)7/h5-7H,1,3H2,2H3. The lowest BCUT2D eigenvalue weighted by molar-refractivity contribution is -0.152. The SMILES string of the molecule is [CH2]CS(=O)(=O)NC(C)(O)O. The molecule has 0 heterocycles. The van der Waals surface area contributed by atoms with Crippen molar-refractivity contribution in [2.75, 3.05) is 5.75 Å². The lowest BCUT2D eigenvalue weighted by atomic mass is 10.6. The Morgan fingerprint density at radius 1 is 1.60 bits per heavy atom. The molecule has 5 nitrogen and oxygen atoms in total. The van der Waals surface area contributed by atoms with Crippen LogP contribution in [0.1, 0.15) is 6.92 Å². The van der Waals surface area contributed by atoms with Crippen LogP contribution in [0.15, 0.2) is 0 Å². The number of aliphatic hydroxyl groups is 2. The zero-order valence-electron chi connectivity index (χ0n) is 5.53. The second-order valence-corrected chi connectivity index (χ2v) is 3.78. The predicted octanol–water partition coefficient (Wildman–Crippen LogP) is -1.60. The number of rotatable bonds is 3. The first-order valence-corrected chi connectivity index (χ1v) is 4.18. The van der Waals surface area contributed by atoms with Crippen molar-refractivity contribution in [2.24, 2.45) is 0 Å². The summed E-state index contributed by atoms with van der Waals surface area (Å²) in [6.07, 6.45) is 0. The third kappa shape index (κ3) is 4.68. The van der Waals surface area contributed by atoms with E-state index in [2.05, 4.69) is 6.92 Å². The van der Waals surface area contributed by atoms with Gasteiger partial charge in [-0.2, -0.15) is 4.72 Å². The summed E-state index contributed by atoms with van der Waals surface area (Å²) >= 11 is 0. The zero-order valence-corrected chi connectivity index (χ0v) is 6.35. The number of hydrogen-bond acceptors (Lipinski definition) is 4. The van der Waals surface area contributed by atoms with Crippen LogP contribution in [0.5, 0.6) is 0 Å². The normalized spacial score (nSPS) is 13.6. The van der Waals surface area contributed by atoms with Crippen LogP contribution in [0, 0.1) is 6.92 Å². The predicted molar refractivity (Wildman–Crippen MR) is 35.1 cm³/mol. The highest BCUT2D eigenvalue weighted by Crippen LogP contribution is 1.94. The summed E-state index contributed by atoms with van der Waals surface area (Å²) in [5, 5.41) is 17.0. The maximum atomic E-state index is 10.5. The van der Waals surface area contributed by atoms with Crippen LogP contribution >= 0.6 is 0 Å². The van der Waals surface area contributed by atoms with Gasteiger partial charge in [0.05, 0.1) is 5.75 Å². The average Bonchev–Trinajstić information content (AvgIpc) is 1.60. The molecular weight excluding hydrogens is 158 g/mol. The van der Waals surface area contributed by atoms with Crippen molar-refractivity contribution in [3.63, 3.8) is 0 Å². The van der Waals surface area contributed by atoms with Crippen molar-refractivity contribution in [1.82, 2.24) is 4.72 Å². The maximum absolute atomic E-state index is 10.5. The summed E-state index contributed by atoms with van der Waals surface area (Å²) in [4.78, 5) is 0. The number of nitrogens with one attached hydrogen (secondary N) is 1. The van der Waals surface area contributed by atoms with E-state index in [1.807, 2.05) is 0 Å². The van der Waals surface area contributed by atoms with Crippen molar-refractivity contribution in [3.8, 4) is 0 Å². The van der Waals surface area contributed by atoms with Gasteiger partial charge in [0.1, 0.15) is 0 Å². The van der Waals surface area contributed by atoms with E-state index in [0.29, 0.717) is 0 Å². The first-order valence-electron chi connectivity index (χ1n) is 2.52. The molecule has 0 aromatic rings. The van der Waals surface area contributed by atoms with Crippen LogP contribution < -0.4 is 4.72 Å². The highest BCUT2D eigenvalue weighted by molar-refractivity contribution is 7.89. The van der Waals surface area contributed by atoms with E-state index in [-0.39, 0.29) is 0 Å². The maximum Gasteiger partial charge on any atom is 0.232 e. The zero-order chi connectivity index (χ0) is 8.41. The van der Waals surface area contributed by atoms with Crippen molar-refractivity contribution in [2.45, 2.75) is 12.8 Å². The van der Waals surface area contributed by atoms with Gasteiger partial charge in [0.15, 0.2) is 0 Å². The van der Waals surface area contributed by atoms with E-state index in [0.717, 1.165) is 6.92 Å². The minimum Gasteiger partial charge on any atom is -0.353 e. The summed E-state index contributed by atoms with van der Waals surface area (Å²) in [6.45, 7) is 3.97. The quantitative estimate of drug-likeness (QED) is 0.443. The molecule has 0 aliphatic heterocycles. The molecule has 1 radical (unpaired) electrons. The fourth-order valence-corrected chi connectivity index (χ4v) is 1.04. The lowest BCUT2D eigenvalue weighted by Crippen LogP contribution is -2.46. The van der Waals surface area contributed by atoms with Gasteiger partial charge in [0.25, 0.3) is 0 Å². The van der Waals surface area contributed by atoms with Gasteiger partial charge in [-0.25, -0.2) is 8.42 Å². The molecule has 0 aromatic carbocycles. The van der Waals surface area contributed by atoms with E-state index >= 15 is 0 Å². The molecule has 0 atom stereocenters. The molecule has 0 spiro atoms. The largest absolute Gasteiger partial charge is 0.353 e. The molecule has 0 aliphatic rings. The second-order valence-electron chi connectivity index (χ2n) is 1.94. The van der Waals surface area contributed by atoms with Gasteiger partial charge in [-0.15, -0.1) is 0 Å². The van der Waals surface area contributed by atoms with Crippen LogP contribution in [0.2, 0.25) is 0 Å². The van der Waals surface area contributed by atoms with Crippen molar-refractivity contribution in [1.29, 1.82) is 0 Å². The molecule has 0 saturated carbocycles. The Morgan fingerprint density at radius 3 is 2.10 bits per heavy atom. The highest BCUT2D eigenvalue weighted by Gasteiger charge is 2.21. The van der Waals surface area contributed by atoms with Gasteiger partial charge in [-0.1, -0.05) is 0 Å². The summed E-state index contributed by atoms with van der Waals surface area (Å²) in [6, 6.07) is 0. The Morgan fingerprint density at radius 2 is 2.00 bits per heavy atom. The van der Waals surface area contributed by atoms with Gasteiger partial charge in [-0.3, -0.25) is 0 Å². The molecule has 0 aromatic heterocycles. The van der Waals surface area contributed by atoms with Crippen LogP contribution in [-0.4, -0.2) is 30.3 Å². The Hall–Kier alpha value is -0.170. The van der Waals surface area contributed by atoms with Gasteiger partial charge < -0.3 is 10.2 Å². The van der Waals surface area contributed by atoms with Gasteiger partial charge >= 0.3 is 0 Å². The Bertz CT molecular complexity index is 190. The molecular formula is C4H10NO4S. The molecule has 0 aliphatic carbocycles. The molecule has 0 amide bonds. The average molecular weight is 168 g/mol. The molecule has 6 heteroatoms. The molecule has 3 N–H and O–H groups in total. The fourth-order valence-electron chi connectivity index (χ4n) is 0.346. The second kappa shape index (κ2) is 2.83. The molecule has 0 rings (SSSR count). The lowest BCUT2D eigenvalue weighted by Gasteiger charge is -2.16. The van der Waals surface area contributed by atoms with Crippen molar-refractivity contribution < 1.29 is 18.6 Å². The summed E-state index contributed by atoms with van der Waals surface area (Å²) in [5.41, 5.74) is 0. The third-order valence-electron chi connectivity index (χ3n) is 0.618. The molecule has 10 heavy (non-hydrogen) atoms. The number of hydrogen-bond donors (Lipinski definition) is 3. The van der Waals surface area contributed by atoms with Crippen LogP contribution in [0.25, 0.3) is 0 Å². The summed E-state index contributed by atoms with van der Waals surface area (Å²) in [5.74, 6) is -2.82. The molecule has 0 unspecified atom stereocenters. The third-order valence-corrected chi connectivity index (χ3v) is 1.85. The van der Waals surface area contributed by atoms with Gasteiger partial charge in [0, 0.05) is 6.92 Å². The fraction of sp³-hybridized carbons (Fsp3) is 0.750. The van der Waals surface area contributed by atoms with Crippen LogP contribution in [-0.2, 0) is 10.0 Å². The van der Waals surface area contributed by atoms with Crippen LogP contribution in [0.3, 0.4) is 0 Å². The minimum absolute atomic E-state index is 0.427. The van der Waals surface area contributed by atoms with E-state index in [9.17, 15) is 8.42 Å².